The molecular weight excluding hydrogens is 300 g/mol. The van der Waals surface area contributed by atoms with Crippen molar-refractivity contribution < 1.29 is 5.11 Å². The summed E-state index contributed by atoms with van der Waals surface area (Å²) in [7, 11) is 0. The summed E-state index contributed by atoms with van der Waals surface area (Å²) in [5.74, 6) is 1.16. The molecule has 2 aromatic rings. The largest absolute Gasteiger partial charge is 0.392 e. The second-order valence-corrected chi connectivity index (χ2v) is 7.76. The fourth-order valence-electron chi connectivity index (χ4n) is 4.46. The molecule has 2 saturated heterocycles. The average Bonchev–Trinajstić information content (AvgIpc) is 3.06. The van der Waals surface area contributed by atoms with Crippen LogP contribution in [0, 0.1) is 0 Å². The third kappa shape index (κ3) is 2.75. The number of aliphatic hydroxyl groups is 1. The van der Waals surface area contributed by atoms with E-state index in [0.29, 0.717) is 18.1 Å². The summed E-state index contributed by atoms with van der Waals surface area (Å²) in [6, 6.07) is 9.81. The van der Waals surface area contributed by atoms with Gasteiger partial charge in [-0.05, 0) is 39.3 Å². The van der Waals surface area contributed by atoms with Crippen molar-refractivity contribution in [3.63, 3.8) is 0 Å². The lowest BCUT2D eigenvalue weighted by Gasteiger charge is -2.42. The van der Waals surface area contributed by atoms with Gasteiger partial charge in [-0.1, -0.05) is 12.1 Å². The van der Waals surface area contributed by atoms with Crippen molar-refractivity contribution in [2.75, 3.05) is 19.6 Å². The predicted octanol–water partition coefficient (Wildman–Crippen LogP) is 2.26. The van der Waals surface area contributed by atoms with Gasteiger partial charge in [-0.2, -0.15) is 0 Å². The highest BCUT2D eigenvalue weighted by atomic mass is 16.3. The van der Waals surface area contributed by atoms with Crippen molar-refractivity contribution in [2.24, 2.45) is 0 Å². The highest BCUT2D eigenvalue weighted by Gasteiger charge is 2.38. The molecule has 0 radical (unpaired) electrons. The number of hydrogen-bond acceptors (Lipinski definition) is 4. The van der Waals surface area contributed by atoms with Gasteiger partial charge in [-0.15, -0.1) is 0 Å². The highest BCUT2D eigenvalue weighted by molar-refractivity contribution is 5.76. The second kappa shape index (κ2) is 6.14. The van der Waals surface area contributed by atoms with E-state index in [4.69, 9.17) is 4.98 Å². The molecule has 1 aromatic heterocycles. The number of rotatable bonds is 3. The first kappa shape index (κ1) is 16.1. The molecule has 0 aliphatic carbocycles. The van der Waals surface area contributed by atoms with E-state index >= 15 is 0 Å². The van der Waals surface area contributed by atoms with E-state index in [1.165, 1.54) is 5.52 Å². The molecule has 5 nitrogen and oxygen atoms in total. The van der Waals surface area contributed by atoms with E-state index in [1.54, 1.807) is 0 Å². The maximum Gasteiger partial charge on any atom is 0.124 e. The third-order valence-electron chi connectivity index (χ3n) is 5.60. The maximum absolute atomic E-state index is 9.96. The van der Waals surface area contributed by atoms with Gasteiger partial charge >= 0.3 is 0 Å². The van der Waals surface area contributed by atoms with E-state index < -0.39 is 0 Å². The molecule has 2 fully saturated rings. The highest BCUT2D eigenvalue weighted by Crippen LogP contribution is 2.28. The smallest absolute Gasteiger partial charge is 0.124 e. The molecule has 3 atom stereocenters. The summed E-state index contributed by atoms with van der Waals surface area (Å²) in [4.78, 5) is 9.92. The van der Waals surface area contributed by atoms with Crippen LogP contribution in [0.15, 0.2) is 24.3 Å². The Morgan fingerprint density at radius 1 is 1.21 bits per heavy atom. The number of hydrogen-bond donors (Lipinski definition) is 1. The van der Waals surface area contributed by atoms with Gasteiger partial charge < -0.3 is 9.67 Å². The number of para-hydroxylation sites is 2. The van der Waals surface area contributed by atoms with Gasteiger partial charge in [-0.25, -0.2) is 4.98 Å². The lowest BCUT2D eigenvalue weighted by atomic mass is 10.1. The van der Waals surface area contributed by atoms with Crippen LogP contribution in [0.4, 0.5) is 0 Å². The number of nitrogens with zero attached hydrogens (tertiary/aromatic N) is 4. The molecule has 4 rings (SSSR count). The monoisotopic (exact) mass is 328 g/mol. The van der Waals surface area contributed by atoms with Crippen molar-refractivity contribution in [3.8, 4) is 0 Å². The van der Waals surface area contributed by atoms with Gasteiger partial charge in [0.1, 0.15) is 5.82 Å². The number of aliphatic hydroxyl groups excluding tert-OH is 1. The van der Waals surface area contributed by atoms with Crippen molar-refractivity contribution in [2.45, 2.75) is 58.0 Å². The lowest BCUT2D eigenvalue weighted by molar-refractivity contribution is 0.0503. The standard InChI is InChI=1S/C19H28N4O/c1-13(2)23-18-7-5-4-6-17(18)20-19(23)12-21-10-15-8-16(24)11-22(15)9-14(21)3/h4-7,13-16,24H,8-12H2,1-3H3/t14-,15+,16-/m1/s1. The molecule has 3 heterocycles. The van der Waals surface area contributed by atoms with Gasteiger partial charge in [0.2, 0.25) is 0 Å². The second-order valence-electron chi connectivity index (χ2n) is 7.76. The summed E-state index contributed by atoms with van der Waals surface area (Å²) < 4.78 is 2.37. The van der Waals surface area contributed by atoms with Crippen LogP contribution in [-0.2, 0) is 6.54 Å². The summed E-state index contributed by atoms with van der Waals surface area (Å²) in [5, 5.41) is 9.96. The minimum atomic E-state index is -0.151. The lowest BCUT2D eigenvalue weighted by Crippen LogP contribution is -2.54. The van der Waals surface area contributed by atoms with Crippen LogP contribution in [0.5, 0.6) is 0 Å². The molecule has 2 aliphatic heterocycles. The Morgan fingerprint density at radius 3 is 2.79 bits per heavy atom. The molecule has 24 heavy (non-hydrogen) atoms. The first-order chi connectivity index (χ1) is 11.5. The fraction of sp³-hybridized carbons (Fsp3) is 0.632. The summed E-state index contributed by atoms with van der Waals surface area (Å²) in [6.45, 7) is 10.5. The Hall–Kier alpha value is -1.43. The zero-order valence-electron chi connectivity index (χ0n) is 14.9. The molecule has 0 amide bonds. The van der Waals surface area contributed by atoms with E-state index in [9.17, 15) is 5.11 Å². The average molecular weight is 328 g/mol. The number of benzene rings is 1. The summed E-state index contributed by atoms with van der Waals surface area (Å²) in [6.07, 6.45) is 0.756. The van der Waals surface area contributed by atoms with E-state index in [-0.39, 0.29) is 6.10 Å². The molecule has 0 saturated carbocycles. The van der Waals surface area contributed by atoms with Crippen molar-refractivity contribution in [1.82, 2.24) is 19.4 Å². The molecule has 1 N–H and O–H groups in total. The van der Waals surface area contributed by atoms with E-state index in [1.807, 2.05) is 0 Å². The quantitative estimate of drug-likeness (QED) is 0.939. The van der Waals surface area contributed by atoms with Crippen LogP contribution in [0.1, 0.15) is 39.1 Å². The molecule has 5 heteroatoms. The van der Waals surface area contributed by atoms with E-state index in [2.05, 4.69) is 59.4 Å². The zero-order valence-corrected chi connectivity index (χ0v) is 14.9. The van der Waals surface area contributed by atoms with Gasteiger partial charge in [0.25, 0.3) is 0 Å². The first-order valence-corrected chi connectivity index (χ1v) is 9.15. The number of imidazole rings is 1. The third-order valence-corrected chi connectivity index (χ3v) is 5.60. The normalized spacial score (nSPS) is 28.8. The van der Waals surface area contributed by atoms with Crippen LogP contribution in [0.25, 0.3) is 11.0 Å². The minimum Gasteiger partial charge on any atom is -0.392 e. The zero-order chi connectivity index (χ0) is 16.8. The van der Waals surface area contributed by atoms with Gasteiger partial charge in [0.05, 0.1) is 23.7 Å². The molecule has 2 aliphatic rings. The van der Waals surface area contributed by atoms with Crippen LogP contribution in [-0.4, -0.2) is 62.3 Å². The molecule has 0 spiro atoms. The number of aromatic nitrogens is 2. The van der Waals surface area contributed by atoms with Gasteiger partial charge in [0.15, 0.2) is 0 Å². The molecule has 0 unspecified atom stereocenters. The Balaban J connectivity index is 1.61. The predicted molar refractivity (Wildman–Crippen MR) is 96.0 cm³/mol. The molecule has 1 aromatic carbocycles. The first-order valence-electron chi connectivity index (χ1n) is 9.15. The Bertz CT molecular complexity index is 725. The molecule has 130 valence electrons. The van der Waals surface area contributed by atoms with Crippen LogP contribution in [0.3, 0.4) is 0 Å². The van der Waals surface area contributed by atoms with Crippen molar-refractivity contribution >= 4 is 11.0 Å². The summed E-state index contributed by atoms with van der Waals surface area (Å²) >= 11 is 0. The Labute approximate surface area is 143 Å². The summed E-state index contributed by atoms with van der Waals surface area (Å²) in [5.41, 5.74) is 2.31. The fourth-order valence-corrected chi connectivity index (χ4v) is 4.46. The minimum absolute atomic E-state index is 0.151. The van der Waals surface area contributed by atoms with Crippen LogP contribution in [0.2, 0.25) is 0 Å². The SMILES string of the molecule is CC(C)n1c(CN2C[C@@H]3C[C@@H](O)CN3C[C@H]2C)nc2ccccc21. The van der Waals surface area contributed by atoms with Gasteiger partial charge in [0, 0.05) is 37.8 Å². The van der Waals surface area contributed by atoms with Crippen LogP contribution < -0.4 is 0 Å². The Kier molecular flexibility index (Phi) is 4.11. The van der Waals surface area contributed by atoms with E-state index in [0.717, 1.165) is 43.9 Å². The van der Waals surface area contributed by atoms with Gasteiger partial charge in [-0.3, -0.25) is 9.80 Å². The molecule has 0 bridgehead atoms. The van der Waals surface area contributed by atoms with Crippen molar-refractivity contribution in [3.05, 3.63) is 30.1 Å². The van der Waals surface area contributed by atoms with Crippen molar-refractivity contribution in [1.29, 1.82) is 0 Å². The van der Waals surface area contributed by atoms with Crippen LogP contribution >= 0.6 is 0 Å². The maximum atomic E-state index is 9.96. The Morgan fingerprint density at radius 2 is 2.00 bits per heavy atom. The molecular formula is C19H28N4O. The number of fused-ring (bicyclic) bond motifs is 2. The topological polar surface area (TPSA) is 44.5 Å². The number of piperazine rings is 1.